The Morgan fingerprint density at radius 1 is 1.35 bits per heavy atom. The molecule has 1 unspecified atom stereocenters. The Morgan fingerprint density at radius 3 is 2.78 bits per heavy atom. The highest BCUT2D eigenvalue weighted by atomic mass is 32.2. The van der Waals surface area contributed by atoms with E-state index in [0.29, 0.717) is 33.9 Å². The van der Waals surface area contributed by atoms with Gasteiger partial charge in [-0.25, -0.2) is 4.39 Å². The molecule has 3 aromatic rings. The highest BCUT2D eigenvalue weighted by Crippen LogP contribution is 2.33. The zero-order chi connectivity index (χ0) is 16.6. The minimum Gasteiger partial charge on any atom is -0.368 e. The molecule has 0 aliphatic carbocycles. The average Bonchev–Trinajstić information content (AvgIpc) is 3.13. The number of rotatable bonds is 4. The van der Waals surface area contributed by atoms with Crippen molar-refractivity contribution in [1.82, 2.24) is 24.9 Å². The molecular weight excluding hydrogens is 319 g/mol. The van der Waals surface area contributed by atoms with Gasteiger partial charge in [-0.15, -0.1) is 10.2 Å². The minimum atomic E-state index is -0.300. The molecule has 2 aromatic heterocycles. The summed E-state index contributed by atoms with van der Waals surface area (Å²) in [5.74, 6) is 0.809. The molecule has 7 nitrogen and oxygen atoms in total. The molecule has 1 aromatic carbocycles. The maximum Gasteiger partial charge on any atom is 0.240 e. The lowest BCUT2D eigenvalue weighted by atomic mass is 10.1. The molecule has 120 valence electrons. The fourth-order valence-electron chi connectivity index (χ4n) is 1.89. The number of nitrogen functional groups attached to an aromatic ring is 1. The largest absolute Gasteiger partial charge is 0.368 e. The molecule has 9 heteroatoms. The van der Waals surface area contributed by atoms with E-state index in [9.17, 15) is 4.39 Å². The van der Waals surface area contributed by atoms with E-state index in [4.69, 9.17) is 10.3 Å². The Morgan fingerprint density at radius 2 is 2.13 bits per heavy atom. The van der Waals surface area contributed by atoms with Crippen molar-refractivity contribution in [3.8, 4) is 11.4 Å². The lowest BCUT2D eigenvalue weighted by Crippen LogP contribution is -1.99. The first-order valence-corrected chi connectivity index (χ1v) is 7.75. The van der Waals surface area contributed by atoms with Crippen molar-refractivity contribution in [2.75, 3.05) is 5.73 Å². The molecule has 0 radical (unpaired) electrons. The Labute approximate surface area is 136 Å². The smallest absolute Gasteiger partial charge is 0.240 e. The molecule has 0 bridgehead atoms. The summed E-state index contributed by atoms with van der Waals surface area (Å²) in [6.07, 6.45) is 0. The fraction of sp³-hybridized carbons (Fsp3) is 0.286. The highest BCUT2D eigenvalue weighted by molar-refractivity contribution is 7.99. The van der Waals surface area contributed by atoms with Gasteiger partial charge in [0.05, 0.1) is 5.25 Å². The Hall–Kier alpha value is -2.42. The molecule has 0 spiro atoms. The van der Waals surface area contributed by atoms with Crippen molar-refractivity contribution in [1.29, 1.82) is 0 Å². The van der Waals surface area contributed by atoms with Gasteiger partial charge in [0, 0.05) is 12.6 Å². The Balaban J connectivity index is 1.80. The van der Waals surface area contributed by atoms with E-state index in [1.54, 1.807) is 30.7 Å². The van der Waals surface area contributed by atoms with E-state index < -0.39 is 0 Å². The van der Waals surface area contributed by atoms with Gasteiger partial charge in [0.15, 0.2) is 5.16 Å². The maximum atomic E-state index is 13.6. The second-order valence-corrected chi connectivity index (χ2v) is 6.39. The molecule has 23 heavy (non-hydrogen) atoms. The number of benzene rings is 1. The molecule has 0 aliphatic heterocycles. The first-order valence-electron chi connectivity index (χ1n) is 6.87. The molecule has 0 amide bonds. The Kier molecular flexibility index (Phi) is 4.03. The van der Waals surface area contributed by atoms with Crippen LogP contribution >= 0.6 is 11.8 Å². The number of anilines is 1. The van der Waals surface area contributed by atoms with Crippen LogP contribution in [0.4, 0.5) is 10.3 Å². The topological polar surface area (TPSA) is 95.6 Å². The van der Waals surface area contributed by atoms with Crippen LogP contribution in [0.2, 0.25) is 0 Å². The van der Waals surface area contributed by atoms with Crippen LogP contribution in [0.3, 0.4) is 0 Å². The maximum absolute atomic E-state index is 13.6. The molecule has 0 saturated heterocycles. The third kappa shape index (κ3) is 3.04. The first-order chi connectivity index (χ1) is 11.0. The molecule has 1 atom stereocenters. The van der Waals surface area contributed by atoms with Crippen LogP contribution in [0.25, 0.3) is 11.4 Å². The normalized spacial score (nSPS) is 12.5. The van der Waals surface area contributed by atoms with Gasteiger partial charge in [0.2, 0.25) is 17.7 Å². The van der Waals surface area contributed by atoms with E-state index in [0.717, 1.165) is 0 Å². The van der Waals surface area contributed by atoms with Gasteiger partial charge in [0.1, 0.15) is 5.82 Å². The third-order valence-electron chi connectivity index (χ3n) is 3.37. The Bertz CT molecular complexity index is 846. The van der Waals surface area contributed by atoms with Crippen molar-refractivity contribution in [3.05, 3.63) is 35.5 Å². The highest BCUT2D eigenvalue weighted by Gasteiger charge is 2.19. The van der Waals surface area contributed by atoms with E-state index in [2.05, 4.69) is 20.3 Å². The van der Waals surface area contributed by atoms with Gasteiger partial charge in [-0.05, 0) is 25.5 Å². The number of halogens is 1. The number of nitrogens with zero attached hydrogens (tertiary/aromatic N) is 5. The summed E-state index contributed by atoms with van der Waals surface area (Å²) in [5, 5.41) is 12.2. The second-order valence-electron chi connectivity index (χ2n) is 5.08. The van der Waals surface area contributed by atoms with Gasteiger partial charge in [-0.2, -0.15) is 4.98 Å². The van der Waals surface area contributed by atoms with Gasteiger partial charge in [0.25, 0.3) is 0 Å². The number of aryl methyl sites for hydroxylation is 1. The monoisotopic (exact) mass is 334 g/mol. The molecule has 0 saturated carbocycles. The molecule has 2 N–H and O–H groups in total. The number of aromatic nitrogens is 5. The lowest BCUT2D eigenvalue weighted by Gasteiger charge is -2.05. The van der Waals surface area contributed by atoms with E-state index in [1.807, 2.05) is 6.92 Å². The summed E-state index contributed by atoms with van der Waals surface area (Å²) in [7, 11) is 1.78. The van der Waals surface area contributed by atoms with Gasteiger partial charge in [-0.1, -0.05) is 29.1 Å². The van der Waals surface area contributed by atoms with Crippen molar-refractivity contribution in [2.24, 2.45) is 7.05 Å². The second kappa shape index (κ2) is 5.99. The molecule has 3 rings (SSSR count). The SMILES string of the molecule is Cc1ccc(-c2noc(C(C)Sc3nnc(N)n3C)n2)cc1F. The summed E-state index contributed by atoms with van der Waals surface area (Å²) in [6.45, 7) is 3.61. The van der Waals surface area contributed by atoms with E-state index in [1.165, 1.54) is 17.8 Å². The number of hydrogen-bond acceptors (Lipinski definition) is 7. The van der Waals surface area contributed by atoms with E-state index >= 15 is 0 Å². The van der Waals surface area contributed by atoms with Crippen LogP contribution in [-0.2, 0) is 7.05 Å². The molecule has 0 aliphatic rings. The summed E-state index contributed by atoms with van der Waals surface area (Å²) in [6, 6.07) is 4.83. The lowest BCUT2D eigenvalue weighted by molar-refractivity contribution is 0.380. The summed E-state index contributed by atoms with van der Waals surface area (Å²) in [5.41, 5.74) is 6.79. The van der Waals surface area contributed by atoms with Crippen LogP contribution in [0.15, 0.2) is 27.9 Å². The van der Waals surface area contributed by atoms with Crippen molar-refractivity contribution in [2.45, 2.75) is 24.3 Å². The third-order valence-corrected chi connectivity index (χ3v) is 4.49. The van der Waals surface area contributed by atoms with Crippen molar-refractivity contribution >= 4 is 17.7 Å². The molecular formula is C14H15FN6OS. The van der Waals surface area contributed by atoms with Gasteiger partial charge in [-0.3, -0.25) is 4.57 Å². The zero-order valence-corrected chi connectivity index (χ0v) is 13.6. The standard InChI is InChI=1S/C14H15FN6OS/c1-7-4-5-9(6-10(7)15)11-17-12(22-20-11)8(2)23-14-19-18-13(16)21(14)3/h4-6,8H,1-3H3,(H2,16,18). The molecule has 0 fully saturated rings. The van der Waals surface area contributed by atoms with Crippen molar-refractivity contribution in [3.63, 3.8) is 0 Å². The van der Waals surface area contributed by atoms with Crippen LogP contribution < -0.4 is 5.73 Å². The number of thioether (sulfide) groups is 1. The first kappa shape index (κ1) is 15.5. The minimum absolute atomic E-state index is 0.145. The quantitative estimate of drug-likeness (QED) is 0.733. The fourth-order valence-corrected chi connectivity index (χ4v) is 2.74. The van der Waals surface area contributed by atoms with Crippen molar-refractivity contribution < 1.29 is 8.91 Å². The summed E-state index contributed by atoms with van der Waals surface area (Å²) in [4.78, 5) is 4.33. The number of nitrogens with two attached hydrogens (primary N) is 1. The van der Waals surface area contributed by atoms with E-state index in [-0.39, 0.29) is 11.1 Å². The van der Waals surface area contributed by atoms with Crippen LogP contribution in [-0.4, -0.2) is 24.9 Å². The summed E-state index contributed by atoms with van der Waals surface area (Å²) >= 11 is 1.40. The van der Waals surface area contributed by atoms with Crippen LogP contribution in [0.1, 0.15) is 23.6 Å². The average molecular weight is 334 g/mol. The molecule has 2 heterocycles. The van der Waals surface area contributed by atoms with Crippen LogP contribution in [0.5, 0.6) is 0 Å². The van der Waals surface area contributed by atoms with Crippen LogP contribution in [0, 0.1) is 12.7 Å². The van der Waals surface area contributed by atoms with Gasteiger partial charge < -0.3 is 10.3 Å². The van der Waals surface area contributed by atoms with Gasteiger partial charge >= 0.3 is 0 Å². The predicted octanol–water partition coefficient (Wildman–Crippen LogP) is 2.75. The predicted molar refractivity (Wildman–Crippen MR) is 84.1 cm³/mol. The summed E-state index contributed by atoms with van der Waals surface area (Å²) < 4.78 is 20.6. The number of hydrogen-bond donors (Lipinski definition) is 1. The zero-order valence-electron chi connectivity index (χ0n) is 12.8.